The number of nitrogens with zero attached hydrogens (tertiary/aromatic N) is 1. The molecule has 0 amide bonds. The average Bonchev–Trinajstić information content (AvgIpc) is 2.49. The highest BCUT2D eigenvalue weighted by atomic mass is 32.2. The van der Waals surface area contributed by atoms with Crippen LogP contribution in [0.5, 0.6) is 0 Å². The largest absolute Gasteiger partial charge is 0.222 e. The molecule has 2 aromatic rings. The van der Waals surface area contributed by atoms with E-state index in [0.717, 1.165) is 5.56 Å². The van der Waals surface area contributed by atoms with Crippen molar-refractivity contribution < 1.29 is 8.42 Å². The molecule has 0 aliphatic carbocycles. The normalized spacial score (nSPS) is 12.6. The molecule has 0 N–H and O–H groups in total. The van der Waals surface area contributed by atoms with Gasteiger partial charge in [-0.1, -0.05) is 48.5 Å². The Morgan fingerprint density at radius 2 is 1.50 bits per heavy atom. The highest BCUT2D eigenvalue weighted by Crippen LogP contribution is 2.19. The van der Waals surface area contributed by atoms with E-state index in [4.69, 9.17) is 0 Å². The molecule has 0 aromatic heterocycles. The minimum Gasteiger partial charge on any atom is -0.222 e. The number of benzene rings is 2. The van der Waals surface area contributed by atoms with E-state index < -0.39 is 15.1 Å². The molecule has 1 unspecified atom stereocenters. The third-order valence-corrected chi connectivity index (χ3v) is 5.15. The van der Waals surface area contributed by atoms with Crippen molar-refractivity contribution in [1.82, 2.24) is 0 Å². The Morgan fingerprint density at radius 3 is 2.05 bits per heavy atom. The molecule has 0 radical (unpaired) electrons. The molecule has 4 heteroatoms. The fraction of sp³-hybridized carbons (Fsp3) is 0.188. The molecule has 102 valence electrons. The number of aryl methyl sites for hydroxylation is 1. The Morgan fingerprint density at radius 1 is 0.950 bits per heavy atom. The van der Waals surface area contributed by atoms with Crippen molar-refractivity contribution in [3.63, 3.8) is 0 Å². The summed E-state index contributed by atoms with van der Waals surface area (Å²) in [4.78, 5) is 0.208. The summed E-state index contributed by atoms with van der Waals surface area (Å²) in [5, 5.41) is 8.16. The van der Waals surface area contributed by atoms with E-state index in [1.807, 2.05) is 36.4 Å². The second-order valence-electron chi connectivity index (χ2n) is 4.50. The summed E-state index contributed by atoms with van der Waals surface area (Å²) in [5.74, 6) is 0. The Kier molecular flexibility index (Phi) is 4.54. The molecule has 0 bridgehead atoms. The molecular formula is C16H15NO2S. The number of hydrogen-bond acceptors (Lipinski definition) is 3. The number of rotatable bonds is 5. The predicted molar refractivity (Wildman–Crippen MR) is 77.8 cm³/mol. The van der Waals surface area contributed by atoms with Crippen LogP contribution in [0.3, 0.4) is 0 Å². The molecule has 3 nitrogen and oxygen atoms in total. The van der Waals surface area contributed by atoms with E-state index in [1.54, 1.807) is 18.2 Å². The predicted octanol–water partition coefficient (Wildman–Crippen LogP) is 2.99. The molecule has 2 aromatic carbocycles. The van der Waals surface area contributed by atoms with Crippen LogP contribution in [-0.2, 0) is 16.3 Å². The van der Waals surface area contributed by atoms with Gasteiger partial charge in [0.05, 0.1) is 11.0 Å². The Hall–Kier alpha value is -2.12. The molecule has 1 atom stereocenters. The monoisotopic (exact) mass is 285 g/mol. The van der Waals surface area contributed by atoms with Crippen LogP contribution >= 0.6 is 0 Å². The van der Waals surface area contributed by atoms with Gasteiger partial charge in [-0.25, -0.2) is 8.42 Å². The average molecular weight is 285 g/mol. The van der Waals surface area contributed by atoms with Crippen molar-refractivity contribution in [1.29, 1.82) is 5.26 Å². The van der Waals surface area contributed by atoms with E-state index in [-0.39, 0.29) is 4.90 Å². The van der Waals surface area contributed by atoms with Gasteiger partial charge in [0.2, 0.25) is 0 Å². The van der Waals surface area contributed by atoms with Gasteiger partial charge in [0.15, 0.2) is 15.1 Å². The minimum absolute atomic E-state index is 0.208. The first-order chi connectivity index (χ1) is 9.64. The highest BCUT2D eigenvalue weighted by molar-refractivity contribution is 7.92. The Labute approximate surface area is 119 Å². The van der Waals surface area contributed by atoms with Crippen LogP contribution in [0.4, 0.5) is 0 Å². The molecule has 0 aliphatic rings. The van der Waals surface area contributed by atoms with Crippen LogP contribution in [-0.4, -0.2) is 13.7 Å². The fourth-order valence-corrected chi connectivity index (χ4v) is 3.44. The lowest BCUT2D eigenvalue weighted by Crippen LogP contribution is -2.20. The van der Waals surface area contributed by atoms with Gasteiger partial charge in [-0.3, -0.25) is 0 Å². The lowest BCUT2D eigenvalue weighted by Gasteiger charge is -2.10. The number of hydrogen-bond donors (Lipinski definition) is 0. The van der Waals surface area contributed by atoms with Gasteiger partial charge in [-0.15, -0.1) is 0 Å². The SMILES string of the molecule is N#CC(CCc1ccccc1)S(=O)(=O)c1ccccc1. The van der Waals surface area contributed by atoms with Gasteiger partial charge >= 0.3 is 0 Å². The van der Waals surface area contributed by atoms with Crippen molar-refractivity contribution >= 4 is 9.84 Å². The quantitative estimate of drug-likeness (QED) is 0.848. The summed E-state index contributed by atoms with van der Waals surface area (Å²) in [5.41, 5.74) is 1.04. The van der Waals surface area contributed by atoms with Gasteiger partial charge < -0.3 is 0 Å². The lowest BCUT2D eigenvalue weighted by molar-refractivity contribution is 0.585. The molecule has 0 spiro atoms. The molecule has 0 heterocycles. The number of nitriles is 1. The highest BCUT2D eigenvalue weighted by Gasteiger charge is 2.26. The maximum atomic E-state index is 12.4. The molecule has 2 rings (SSSR count). The first kappa shape index (κ1) is 14.3. The summed E-state index contributed by atoms with van der Waals surface area (Å²) < 4.78 is 24.7. The van der Waals surface area contributed by atoms with Crippen molar-refractivity contribution in [3.05, 3.63) is 66.2 Å². The smallest absolute Gasteiger partial charge is 0.194 e. The zero-order valence-electron chi connectivity index (χ0n) is 10.9. The lowest BCUT2D eigenvalue weighted by atomic mass is 10.1. The van der Waals surface area contributed by atoms with Crippen LogP contribution in [0.2, 0.25) is 0 Å². The third-order valence-electron chi connectivity index (χ3n) is 3.13. The fourth-order valence-electron chi connectivity index (χ4n) is 2.01. The molecule has 0 saturated carbocycles. The summed E-state index contributed by atoms with van der Waals surface area (Å²) >= 11 is 0. The third kappa shape index (κ3) is 3.25. The molecule has 0 saturated heterocycles. The summed E-state index contributed by atoms with van der Waals surface area (Å²) in [7, 11) is -3.58. The van der Waals surface area contributed by atoms with E-state index in [9.17, 15) is 13.7 Å². The second kappa shape index (κ2) is 6.36. The number of sulfone groups is 1. The van der Waals surface area contributed by atoms with E-state index in [1.165, 1.54) is 12.1 Å². The van der Waals surface area contributed by atoms with Gasteiger partial charge in [0, 0.05) is 0 Å². The summed E-state index contributed by atoms with van der Waals surface area (Å²) in [6, 6.07) is 19.7. The van der Waals surface area contributed by atoms with Gasteiger partial charge in [0.25, 0.3) is 0 Å². The van der Waals surface area contributed by atoms with Crippen molar-refractivity contribution in [2.45, 2.75) is 23.0 Å². The molecule has 20 heavy (non-hydrogen) atoms. The first-order valence-electron chi connectivity index (χ1n) is 6.37. The summed E-state index contributed by atoms with van der Waals surface area (Å²) in [6.07, 6.45) is 0.878. The zero-order chi connectivity index (χ0) is 14.4. The van der Waals surface area contributed by atoms with E-state index >= 15 is 0 Å². The van der Waals surface area contributed by atoms with Crippen LogP contribution in [0.25, 0.3) is 0 Å². The maximum absolute atomic E-state index is 12.4. The molecule has 0 fully saturated rings. The minimum atomic E-state index is -3.58. The Balaban J connectivity index is 2.15. The second-order valence-corrected chi connectivity index (χ2v) is 6.63. The summed E-state index contributed by atoms with van der Waals surface area (Å²) in [6.45, 7) is 0. The van der Waals surface area contributed by atoms with Crippen LogP contribution in [0.1, 0.15) is 12.0 Å². The van der Waals surface area contributed by atoms with Crippen molar-refractivity contribution in [2.75, 3.05) is 0 Å². The van der Waals surface area contributed by atoms with Gasteiger partial charge in [0.1, 0.15) is 0 Å². The van der Waals surface area contributed by atoms with Crippen molar-refractivity contribution in [2.24, 2.45) is 0 Å². The van der Waals surface area contributed by atoms with E-state index in [0.29, 0.717) is 12.8 Å². The topological polar surface area (TPSA) is 57.9 Å². The standard InChI is InChI=1S/C16H15NO2S/c17-13-16(12-11-14-7-3-1-4-8-14)20(18,19)15-9-5-2-6-10-15/h1-10,16H,11-12H2. The van der Waals surface area contributed by atoms with Gasteiger partial charge in [-0.05, 0) is 30.5 Å². The van der Waals surface area contributed by atoms with Gasteiger partial charge in [-0.2, -0.15) is 5.26 Å². The Bertz CT molecular complexity index is 688. The van der Waals surface area contributed by atoms with Crippen LogP contribution < -0.4 is 0 Å². The maximum Gasteiger partial charge on any atom is 0.194 e. The first-order valence-corrected chi connectivity index (χ1v) is 7.91. The van der Waals surface area contributed by atoms with Crippen LogP contribution in [0, 0.1) is 11.3 Å². The molecular weight excluding hydrogens is 270 g/mol. The van der Waals surface area contributed by atoms with E-state index in [2.05, 4.69) is 0 Å². The molecule has 0 aliphatic heterocycles. The van der Waals surface area contributed by atoms with Crippen LogP contribution in [0.15, 0.2) is 65.6 Å². The van der Waals surface area contributed by atoms with Crippen molar-refractivity contribution in [3.8, 4) is 6.07 Å². The zero-order valence-corrected chi connectivity index (χ0v) is 11.8.